The van der Waals surface area contributed by atoms with Crippen molar-refractivity contribution in [3.05, 3.63) is 0 Å². The SMILES string of the molecule is CC[C@@H]1C[C@@]1(NC(=O)[C@@H]1[C@@H]2[C@H](CN1C(=O)[C@@H](NC=O)C1(C)CCCCC1)C2(C)C)C(=O)C(=O)NC1CC1. The fraction of sp³-hybridized carbons (Fsp3) is 0.821. The average Bonchev–Trinajstić information content (AvgIpc) is 3.81. The van der Waals surface area contributed by atoms with Gasteiger partial charge in [-0.2, -0.15) is 0 Å². The van der Waals surface area contributed by atoms with E-state index < -0.39 is 29.3 Å². The molecule has 1 heterocycles. The number of fused-ring (bicyclic) bond motifs is 1. The number of nitrogens with zero attached hydrogens (tertiary/aromatic N) is 1. The molecule has 0 radical (unpaired) electrons. The quantitative estimate of drug-likeness (QED) is 0.302. The Kier molecular flexibility index (Phi) is 6.43. The smallest absolute Gasteiger partial charge is 0.290 e. The van der Waals surface area contributed by atoms with E-state index in [9.17, 15) is 24.0 Å². The Morgan fingerprint density at radius 1 is 1.05 bits per heavy atom. The number of amides is 4. The summed E-state index contributed by atoms with van der Waals surface area (Å²) >= 11 is 0. The number of Topliss-reactive ketones (excluding diaryl/α,β-unsaturated/α-hetero) is 1. The van der Waals surface area contributed by atoms with E-state index in [1.165, 1.54) is 0 Å². The molecule has 9 nitrogen and oxygen atoms in total. The second-order valence-electron chi connectivity index (χ2n) is 13.2. The summed E-state index contributed by atoms with van der Waals surface area (Å²) in [7, 11) is 0. The number of carbonyl (C=O) groups is 5. The Morgan fingerprint density at radius 3 is 2.30 bits per heavy atom. The molecule has 0 aromatic rings. The molecule has 0 unspecified atom stereocenters. The van der Waals surface area contributed by atoms with Gasteiger partial charge in [-0.3, -0.25) is 24.0 Å². The molecular formula is C28H42N4O5. The summed E-state index contributed by atoms with van der Waals surface area (Å²) in [4.78, 5) is 67.0. The number of ketones is 1. The monoisotopic (exact) mass is 514 g/mol. The van der Waals surface area contributed by atoms with Crippen molar-refractivity contribution in [3.63, 3.8) is 0 Å². The Hall–Kier alpha value is -2.45. The molecule has 9 heteroatoms. The summed E-state index contributed by atoms with van der Waals surface area (Å²) in [6, 6.07) is -1.35. The van der Waals surface area contributed by atoms with Crippen LogP contribution in [0, 0.1) is 28.6 Å². The second kappa shape index (κ2) is 9.09. The van der Waals surface area contributed by atoms with Crippen LogP contribution < -0.4 is 16.0 Å². The molecule has 6 atom stereocenters. The molecule has 0 bridgehead atoms. The van der Waals surface area contributed by atoms with Crippen molar-refractivity contribution in [2.24, 2.45) is 28.6 Å². The second-order valence-corrected chi connectivity index (χ2v) is 13.2. The van der Waals surface area contributed by atoms with Crippen molar-refractivity contribution in [1.82, 2.24) is 20.9 Å². The molecule has 204 valence electrons. The molecule has 5 fully saturated rings. The van der Waals surface area contributed by atoms with E-state index in [0.29, 0.717) is 25.8 Å². The summed E-state index contributed by atoms with van der Waals surface area (Å²) < 4.78 is 0. The number of piperidine rings is 1. The highest BCUT2D eigenvalue weighted by molar-refractivity contribution is 6.41. The molecule has 0 aromatic carbocycles. The van der Waals surface area contributed by atoms with Gasteiger partial charge in [0.05, 0.1) is 0 Å². The normalized spacial score (nSPS) is 35.5. The van der Waals surface area contributed by atoms with E-state index in [-0.39, 0.29) is 46.4 Å². The van der Waals surface area contributed by atoms with Crippen LogP contribution in [0.15, 0.2) is 0 Å². The van der Waals surface area contributed by atoms with Gasteiger partial charge in [0.25, 0.3) is 5.91 Å². The lowest BCUT2D eigenvalue weighted by Crippen LogP contribution is -2.61. The molecule has 1 aliphatic heterocycles. The molecule has 37 heavy (non-hydrogen) atoms. The molecule has 4 saturated carbocycles. The zero-order valence-electron chi connectivity index (χ0n) is 22.6. The third-order valence-electron chi connectivity index (χ3n) is 10.4. The van der Waals surface area contributed by atoms with Gasteiger partial charge in [0.15, 0.2) is 0 Å². The van der Waals surface area contributed by atoms with Gasteiger partial charge in [0.2, 0.25) is 24.0 Å². The van der Waals surface area contributed by atoms with Crippen LogP contribution in [-0.4, -0.2) is 65.0 Å². The molecule has 4 aliphatic carbocycles. The molecule has 0 spiro atoms. The van der Waals surface area contributed by atoms with Gasteiger partial charge in [-0.05, 0) is 60.7 Å². The average molecular weight is 515 g/mol. The summed E-state index contributed by atoms with van der Waals surface area (Å²) in [6.07, 6.45) is 8.30. The van der Waals surface area contributed by atoms with Gasteiger partial charge in [-0.1, -0.05) is 53.4 Å². The minimum atomic E-state index is -1.19. The minimum absolute atomic E-state index is 0.0150. The van der Waals surface area contributed by atoms with Crippen LogP contribution in [0.4, 0.5) is 0 Å². The first-order valence-corrected chi connectivity index (χ1v) is 14.2. The van der Waals surface area contributed by atoms with E-state index in [4.69, 9.17) is 0 Å². The summed E-state index contributed by atoms with van der Waals surface area (Å²) in [5.41, 5.74) is -1.64. The topological polar surface area (TPSA) is 125 Å². The first kappa shape index (κ1) is 26.2. The van der Waals surface area contributed by atoms with Crippen molar-refractivity contribution in [1.29, 1.82) is 0 Å². The molecular weight excluding hydrogens is 472 g/mol. The Balaban J connectivity index is 1.37. The third-order valence-corrected chi connectivity index (χ3v) is 10.4. The van der Waals surface area contributed by atoms with E-state index in [1.54, 1.807) is 4.90 Å². The number of hydrogen-bond acceptors (Lipinski definition) is 5. The Bertz CT molecular complexity index is 1000. The maximum Gasteiger partial charge on any atom is 0.290 e. The van der Waals surface area contributed by atoms with Crippen LogP contribution in [0.2, 0.25) is 0 Å². The highest BCUT2D eigenvalue weighted by Crippen LogP contribution is 2.65. The fourth-order valence-electron chi connectivity index (χ4n) is 7.55. The number of hydrogen-bond donors (Lipinski definition) is 3. The zero-order valence-corrected chi connectivity index (χ0v) is 22.6. The number of nitrogens with one attached hydrogen (secondary N) is 3. The molecule has 3 N–H and O–H groups in total. The van der Waals surface area contributed by atoms with Gasteiger partial charge in [-0.25, -0.2) is 0 Å². The maximum absolute atomic E-state index is 14.0. The van der Waals surface area contributed by atoms with Gasteiger partial charge < -0.3 is 20.9 Å². The lowest BCUT2D eigenvalue weighted by molar-refractivity contribution is -0.147. The highest BCUT2D eigenvalue weighted by Gasteiger charge is 2.71. The first-order valence-electron chi connectivity index (χ1n) is 14.2. The lowest BCUT2D eigenvalue weighted by Gasteiger charge is -2.42. The minimum Gasteiger partial charge on any atom is -0.347 e. The van der Waals surface area contributed by atoms with Crippen molar-refractivity contribution >= 4 is 29.9 Å². The molecule has 1 saturated heterocycles. The van der Waals surface area contributed by atoms with E-state index in [0.717, 1.165) is 44.9 Å². The third kappa shape index (κ3) is 4.36. The van der Waals surface area contributed by atoms with Gasteiger partial charge >= 0.3 is 0 Å². The van der Waals surface area contributed by atoms with Crippen molar-refractivity contribution in [3.8, 4) is 0 Å². The van der Waals surface area contributed by atoms with E-state index >= 15 is 0 Å². The van der Waals surface area contributed by atoms with Crippen molar-refractivity contribution in [2.45, 2.75) is 109 Å². The maximum atomic E-state index is 14.0. The largest absolute Gasteiger partial charge is 0.347 e. The zero-order chi connectivity index (χ0) is 26.8. The fourth-order valence-corrected chi connectivity index (χ4v) is 7.55. The van der Waals surface area contributed by atoms with Gasteiger partial charge in [0.1, 0.15) is 17.6 Å². The van der Waals surface area contributed by atoms with Crippen molar-refractivity contribution < 1.29 is 24.0 Å². The van der Waals surface area contributed by atoms with Crippen LogP contribution in [0.25, 0.3) is 0 Å². The van der Waals surface area contributed by atoms with Crippen molar-refractivity contribution in [2.75, 3.05) is 6.54 Å². The van der Waals surface area contributed by atoms with E-state index in [2.05, 4.69) is 36.7 Å². The molecule has 5 aliphatic rings. The summed E-state index contributed by atoms with van der Waals surface area (Å²) in [6.45, 7) is 8.70. The van der Waals surface area contributed by atoms with Crippen LogP contribution in [0.3, 0.4) is 0 Å². The van der Waals surface area contributed by atoms with Crippen LogP contribution in [0.1, 0.15) is 85.5 Å². The predicted octanol–water partition coefficient (Wildman–Crippen LogP) is 1.69. The standard InChI is InChI=1S/C28H42N4O5/c1-5-16-13-28(16,22(34)24(36)30-17-9-10-17)31-23(35)20-19-18(26(19,2)3)14-32(20)25(37)21(29-15-33)27(4)11-7-6-8-12-27/h15-21H,5-14H2,1-4H3,(H,29,33)(H,30,36)(H,31,35)/t16-,18+,19+,20+,21-,28+/m1/s1. The summed E-state index contributed by atoms with van der Waals surface area (Å²) in [5.74, 6) is -1.68. The van der Waals surface area contributed by atoms with Crippen LogP contribution in [0.5, 0.6) is 0 Å². The number of carbonyl (C=O) groups excluding carboxylic acids is 5. The Labute approximate surface area is 219 Å². The first-order chi connectivity index (χ1) is 17.5. The predicted molar refractivity (Wildman–Crippen MR) is 136 cm³/mol. The number of rotatable bonds is 10. The lowest BCUT2D eigenvalue weighted by atomic mass is 9.70. The molecule has 5 rings (SSSR count). The highest BCUT2D eigenvalue weighted by atomic mass is 16.2. The van der Waals surface area contributed by atoms with Gasteiger partial charge in [-0.15, -0.1) is 0 Å². The summed E-state index contributed by atoms with van der Waals surface area (Å²) in [5, 5.41) is 8.56. The van der Waals surface area contributed by atoms with E-state index in [1.807, 2.05) is 6.92 Å². The molecule has 4 amide bonds. The van der Waals surface area contributed by atoms with Gasteiger partial charge in [0, 0.05) is 12.6 Å². The Morgan fingerprint density at radius 2 is 1.73 bits per heavy atom. The van der Waals surface area contributed by atoms with Crippen LogP contribution >= 0.6 is 0 Å². The number of likely N-dealkylation sites (tertiary alicyclic amines) is 1. The van der Waals surface area contributed by atoms with Crippen LogP contribution in [-0.2, 0) is 24.0 Å². The molecule has 0 aromatic heterocycles.